The van der Waals surface area contributed by atoms with E-state index in [1.165, 1.54) is 14.2 Å². The monoisotopic (exact) mass is 524 g/mol. The van der Waals surface area contributed by atoms with Gasteiger partial charge in [0.15, 0.2) is 19.9 Å². The predicted molar refractivity (Wildman–Crippen MR) is 144 cm³/mol. The predicted octanol–water partition coefficient (Wildman–Crippen LogP) is 4.86. The molecule has 0 bridgehead atoms. The molecule has 0 fully saturated rings. The number of benzene rings is 2. The average Bonchev–Trinajstić information content (AvgIpc) is 2.83. The van der Waals surface area contributed by atoms with Crippen molar-refractivity contribution in [3.63, 3.8) is 0 Å². The molecule has 1 amide bonds. The lowest BCUT2D eigenvalue weighted by molar-refractivity contribution is 0.102. The van der Waals surface area contributed by atoms with Crippen LogP contribution < -0.4 is 10.2 Å². The molecule has 5 N–H and O–H groups in total. The maximum atomic E-state index is 13.1. The largest absolute Gasteiger partial charge is 0.412 e. The summed E-state index contributed by atoms with van der Waals surface area (Å²) in [5, 5.41) is 2.82. The molecule has 0 aliphatic rings. The van der Waals surface area contributed by atoms with E-state index in [1.807, 2.05) is 31.2 Å². The van der Waals surface area contributed by atoms with Crippen LogP contribution in [0, 0.1) is 6.92 Å². The number of hydrogen-bond acceptors (Lipinski definition) is 8. The number of rotatable bonds is 9. The summed E-state index contributed by atoms with van der Waals surface area (Å²) >= 11 is 0. The molecule has 35 heavy (non-hydrogen) atoms. The van der Waals surface area contributed by atoms with Gasteiger partial charge in [-0.25, -0.2) is 9.97 Å². The molecule has 0 saturated heterocycles. The minimum atomic E-state index is -3.10. The summed E-state index contributed by atoms with van der Waals surface area (Å²) < 4.78 is 31.3. The SMILES string of the molecule is COP(CS(O)(O)c1ccc(NC(=O)c2nc(-c3ccc(C)cc3)cnc2N(C)C)cc1)OC.O.[HH]. The molecule has 12 heteroatoms. The number of nitrogens with zero attached hydrogens (tertiary/aromatic N) is 3. The van der Waals surface area contributed by atoms with Crippen molar-refractivity contribution >= 4 is 36.4 Å². The summed E-state index contributed by atoms with van der Waals surface area (Å²) in [7, 11) is 2.00. The van der Waals surface area contributed by atoms with Crippen molar-refractivity contribution < 1.29 is 29.9 Å². The Morgan fingerprint density at radius 1 is 1.09 bits per heavy atom. The van der Waals surface area contributed by atoms with Gasteiger partial charge in [0, 0.05) is 41.0 Å². The number of carbonyl (C=O) groups is 1. The maximum Gasteiger partial charge on any atom is 0.278 e. The zero-order chi connectivity index (χ0) is 24.9. The molecule has 3 aromatic rings. The van der Waals surface area contributed by atoms with Gasteiger partial charge in [0.2, 0.25) is 0 Å². The number of aryl methyl sites for hydroxylation is 1. The minimum Gasteiger partial charge on any atom is -0.412 e. The first-order chi connectivity index (χ1) is 16.1. The number of carbonyl (C=O) groups excluding carboxylic acids is 1. The number of anilines is 2. The summed E-state index contributed by atoms with van der Waals surface area (Å²) in [6.07, 6.45) is 1.64. The molecule has 0 unspecified atom stereocenters. The van der Waals surface area contributed by atoms with Gasteiger partial charge in [0.05, 0.1) is 16.8 Å². The molecular weight excluding hydrogens is 491 g/mol. The van der Waals surface area contributed by atoms with Gasteiger partial charge in [-0.15, -0.1) is 0 Å². The summed E-state index contributed by atoms with van der Waals surface area (Å²) in [5.74, 6) is 0.0125. The highest BCUT2D eigenvalue weighted by atomic mass is 32.3. The third kappa shape index (κ3) is 7.18. The van der Waals surface area contributed by atoms with Gasteiger partial charge in [-0.3, -0.25) is 13.9 Å². The average molecular weight is 525 g/mol. The summed E-state index contributed by atoms with van der Waals surface area (Å²) in [6, 6.07) is 14.2. The van der Waals surface area contributed by atoms with Gasteiger partial charge in [-0.2, -0.15) is 10.6 Å². The highest BCUT2D eigenvalue weighted by molar-refractivity contribution is 8.27. The van der Waals surface area contributed by atoms with Crippen molar-refractivity contribution in [2.75, 3.05) is 44.0 Å². The number of aromatic nitrogens is 2. The van der Waals surface area contributed by atoms with E-state index in [1.54, 1.807) is 49.5 Å². The highest BCUT2D eigenvalue weighted by Gasteiger charge is 2.23. The van der Waals surface area contributed by atoms with Gasteiger partial charge in [-0.05, 0) is 31.2 Å². The number of hydrogen-bond donors (Lipinski definition) is 3. The van der Waals surface area contributed by atoms with E-state index in [4.69, 9.17) is 9.05 Å². The van der Waals surface area contributed by atoms with Crippen molar-refractivity contribution in [2.24, 2.45) is 0 Å². The van der Waals surface area contributed by atoms with Crippen molar-refractivity contribution in [3.05, 3.63) is 66.0 Å². The van der Waals surface area contributed by atoms with Crippen LogP contribution in [-0.4, -0.2) is 64.3 Å². The molecule has 1 aromatic heterocycles. The first kappa shape index (κ1) is 28.6. The molecule has 2 aromatic carbocycles. The fourth-order valence-corrected chi connectivity index (χ4v) is 6.41. The molecule has 0 aliphatic carbocycles. The van der Waals surface area contributed by atoms with Gasteiger partial charge in [0.25, 0.3) is 5.91 Å². The zero-order valence-corrected chi connectivity index (χ0v) is 21.9. The number of nitrogens with one attached hydrogen (secondary N) is 1. The molecule has 0 radical (unpaired) electrons. The lowest BCUT2D eigenvalue weighted by Gasteiger charge is -2.34. The van der Waals surface area contributed by atoms with Crippen LogP contribution in [0.2, 0.25) is 0 Å². The van der Waals surface area contributed by atoms with E-state index in [-0.39, 0.29) is 18.1 Å². The molecule has 10 nitrogen and oxygen atoms in total. The lowest BCUT2D eigenvalue weighted by atomic mass is 10.1. The van der Waals surface area contributed by atoms with Crippen LogP contribution in [0.5, 0.6) is 0 Å². The van der Waals surface area contributed by atoms with E-state index < -0.39 is 24.9 Å². The maximum absolute atomic E-state index is 13.1. The second-order valence-electron chi connectivity index (χ2n) is 7.66. The third-order valence-electron chi connectivity index (χ3n) is 4.92. The molecule has 0 atom stereocenters. The summed E-state index contributed by atoms with van der Waals surface area (Å²) in [4.78, 5) is 24.2. The molecule has 0 spiro atoms. The summed E-state index contributed by atoms with van der Waals surface area (Å²) in [5.41, 5.74) is 3.21. The van der Waals surface area contributed by atoms with Gasteiger partial charge < -0.3 is 24.7 Å². The molecule has 1 heterocycles. The van der Waals surface area contributed by atoms with Crippen LogP contribution in [0.15, 0.2) is 59.6 Å². The van der Waals surface area contributed by atoms with Crippen molar-refractivity contribution in [3.8, 4) is 11.3 Å². The highest BCUT2D eigenvalue weighted by Crippen LogP contribution is 2.58. The van der Waals surface area contributed by atoms with Gasteiger partial charge >= 0.3 is 0 Å². The van der Waals surface area contributed by atoms with Crippen LogP contribution in [0.1, 0.15) is 17.5 Å². The molecular formula is C23H33N4O6PS. The Labute approximate surface area is 209 Å². The van der Waals surface area contributed by atoms with E-state index >= 15 is 0 Å². The van der Waals surface area contributed by atoms with Gasteiger partial charge in [-0.1, -0.05) is 29.8 Å². The minimum absolute atomic E-state index is 0. The van der Waals surface area contributed by atoms with Crippen LogP contribution in [0.3, 0.4) is 0 Å². The van der Waals surface area contributed by atoms with E-state index in [9.17, 15) is 13.9 Å². The Balaban J connectivity index is 0.00000324. The Morgan fingerprint density at radius 2 is 1.69 bits per heavy atom. The quantitative estimate of drug-likeness (QED) is 0.336. The first-order valence-corrected chi connectivity index (χ1v) is 13.4. The van der Waals surface area contributed by atoms with Crippen LogP contribution in [-0.2, 0) is 9.05 Å². The Kier molecular flexibility index (Phi) is 10.1. The van der Waals surface area contributed by atoms with Crippen molar-refractivity contribution in [1.82, 2.24) is 9.97 Å². The van der Waals surface area contributed by atoms with Crippen molar-refractivity contribution in [1.29, 1.82) is 0 Å². The van der Waals surface area contributed by atoms with Gasteiger partial charge in [0.1, 0.15) is 5.49 Å². The molecule has 3 rings (SSSR count). The Hall–Kier alpha value is -2.63. The van der Waals surface area contributed by atoms with Crippen LogP contribution in [0.25, 0.3) is 11.3 Å². The Morgan fingerprint density at radius 3 is 2.23 bits per heavy atom. The zero-order valence-electron chi connectivity index (χ0n) is 20.2. The second kappa shape index (κ2) is 12.4. The molecule has 0 saturated carbocycles. The van der Waals surface area contributed by atoms with E-state index in [0.717, 1.165) is 11.1 Å². The summed E-state index contributed by atoms with van der Waals surface area (Å²) in [6.45, 7) is 2.00. The van der Waals surface area contributed by atoms with E-state index in [0.29, 0.717) is 22.1 Å². The van der Waals surface area contributed by atoms with Crippen LogP contribution in [0.4, 0.5) is 11.5 Å². The standard InChI is InChI=1S/C23H29N4O5PS.H2O.H2/c1-16-6-8-17(9-7-16)20-14-24-22(27(2)3)21(26-20)23(28)25-18-10-12-19(13-11-18)34(29,30)15-33(31-4)32-5;;/h6-14,29-30H,15H2,1-5H3,(H,25,28);1H2;1H. The smallest absolute Gasteiger partial charge is 0.278 e. The normalized spacial score (nSPS) is 11.7. The lowest BCUT2D eigenvalue weighted by Crippen LogP contribution is -2.21. The van der Waals surface area contributed by atoms with E-state index in [2.05, 4.69) is 15.3 Å². The van der Waals surface area contributed by atoms with Crippen LogP contribution >= 0.6 is 19.0 Å². The fraction of sp³-hybridized carbons (Fsp3) is 0.261. The fourth-order valence-electron chi connectivity index (χ4n) is 3.07. The Bertz CT molecular complexity index is 1130. The third-order valence-corrected chi connectivity index (χ3v) is 9.05. The number of amides is 1. The van der Waals surface area contributed by atoms with Crippen molar-refractivity contribution in [2.45, 2.75) is 11.8 Å². The topological polar surface area (TPSA) is 149 Å². The molecule has 192 valence electrons. The molecule has 0 aliphatic heterocycles. The first-order valence-electron chi connectivity index (χ1n) is 10.3. The second-order valence-corrected chi connectivity index (χ2v) is 11.9.